The lowest BCUT2D eigenvalue weighted by molar-refractivity contribution is -0.197. The summed E-state index contributed by atoms with van der Waals surface area (Å²) in [6.45, 7) is 12.1. The van der Waals surface area contributed by atoms with Crippen LogP contribution in [0.2, 0.25) is 0 Å². The maximum atomic E-state index is 12.8. The van der Waals surface area contributed by atoms with E-state index >= 15 is 0 Å². The third-order valence-electron chi connectivity index (χ3n) is 7.44. The van der Waals surface area contributed by atoms with Crippen LogP contribution < -0.4 is 11.1 Å². The first-order valence-electron chi connectivity index (χ1n) is 13.6. The summed E-state index contributed by atoms with van der Waals surface area (Å²) in [6, 6.07) is 7.83. The van der Waals surface area contributed by atoms with Crippen LogP contribution in [0.25, 0.3) is 11.2 Å². The van der Waals surface area contributed by atoms with Crippen LogP contribution in [0.5, 0.6) is 0 Å². The van der Waals surface area contributed by atoms with Crippen LogP contribution >= 0.6 is 0 Å². The van der Waals surface area contributed by atoms with E-state index in [0.29, 0.717) is 36.6 Å². The van der Waals surface area contributed by atoms with Gasteiger partial charge in [0.1, 0.15) is 30.2 Å². The highest BCUT2D eigenvalue weighted by atomic mass is 16.8. The maximum Gasteiger partial charge on any atom is 0.321 e. The van der Waals surface area contributed by atoms with Gasteiger partial charge < -0.3 is 35.1 Å². The van der Waals surface area contributed by atoms with Gasteiger partial charge in [0.25, 0.3) is 0 Å². The van der Waals surface area contributed by atoms with Gasteiger partial charge in [-0.3, -0.25) is 4.57 Å². The van der Waals surface area contributed by atoms with Gasteiger partial charge in [-0.2, -0.15) is 0 Å². The van der Waals surface area contributed by atoms with E-state index in [1.54, 1.807) is 18.3 Å². The molecule has 2 aliphatic heterocycles. The molecule has 0 spiro atoms. The van der Waals surface area contributed by atoms with E-state index in [0.717, 1.165) is 5.69 Å². The predicted octanol–water partition coefficient (Wildman–Crippen LogP) is 3.22. The van der Waals surface area contributed by atoms with Crippen LogP contribution in [0.1, 0.15) is 46.4 Å². The van der Waals surface area contributed by atoms with E-state index in [-0.39, 0.29) is 29.8 Å². The zero-order valence-corrected chi connectivity index (χ0v) is 24.3. The normalized spacial score (nSPS) is 24.0. The summed E-state index contributed by atoms with van der Waals surface area (Å²) in [5, 5.41) is 2.98. The van der Waals surface area contributed by atoms with Gasteiger partial charge in [0.15, 0.2) is 23.5 Å². The zero-order chi connectivity index (χ0) is 28.8. The molecule has 3 N–H and O–H groups in total. The molecule has 3 aromatic rings. The highest BCUT2D eigenvalue weighted by Crippen LogP contribution is 2.44. The molecule has 0 unspecified atom stereocenters. The van der Waals surface area contributed by atoms with Crippen LogP contribution in [0.15, 0.2) is 36.9 Å². The fraction of sp³-hybridized carbons (Fsp3) is 0.571. The molecule has 1 aromatic carbocycles. The number of hydrogen-bond donors (Lipinski definition) is 2. The van der Waals surface area contributed by atoms with Gasteiger partial charge in [0.05, 0.1) is 6.33 Å². The minimum absolute atomic E-state index is 0.0628. The fourth-order valence-corrected chi connectivity index (χ4v) is 5.18. The lowest BCUT2D eigenvalue weighted by Gasteiger charge is -2.28. The van der Waals surface area contributed by atoms with Crippen molar-refractivity contribution in [3.8, 4) is 0 Å². The average Bonchev–Trinajstić information content (AvgIpc) is 3.54. The Balaban J connectivity index is 1.19. The molecule has 12 nitrogen and oxygen atoms in total. The van der Waals surface area contributed by atoms with Crippen LogP contribution in [0.4, 0.5) is 16.3 Å². The minimum atomic E-state index is -0.748. The topological polar surface area (TPSA) is 133 Å². The first-order chi connectivity index (χ1) is 18.8. The number of amides is 2. The number of nitrogens with zero attached hydrogens (tertiary/aromatic N) is 6. The number of fused-ring (bicyclic) bond motifs is 2. The number of rotatable bonds is 7. The fourth-order valence-electron chi connectivity index (χ4n) is 5.18. The molecule has 40 heavy (non-hydrogen) atoms. The molecule has 0 saturated carbocycles. The van der Waals surface area contributed by atoms with E-state index in [9.17, 15) is 4.79 Å². The number of aromatic nitrogens is 4. The van der Waals surface area contributed by atoms with Crippen molar-refractivity contribution in [2.45, 2.75) is 70.4 Å². The molecule has 12 heteroatoms. The lowest BCUT2D eigenvalue weighted by Crippen LogP contribution is -2.42. The van der Waals surface area contributed by atoms with E-state index < -0.39 is 12.0 Å². The first-order valence-corrected chi connectivity index (χ1v) is 13.6. The maximum absolute atomic E-state index is 12.8. The molecule has 5 rings (SSSR count). The van der Waals surface area contributed by atoms with Gasteiger partial charge in [-0.25, -0.2) is 19.7 Å². The summed E-state index contributed by atoms with van der Waals surface area (Å²) in [5.41, 5.74) is 9.15. The second-order valence-electron chi connectivity index (χ2n) is 12.2. The molecule has 4 atom stereocenters. The molecule has 0 aliphatic carbocycles. The van der Waals surface area contributed by atoms with Crippen molar-refractivity contribution in [1.82, 2.24) is 29.3 Å². The number of imidazole rings is 1. The molecule has 0 radical (unpaired) electrons. The summed E-state index contributed by atoms with van der Waals surface area (Å²) in [4.78, 5) is 29.4. The van der Waals surface area contributed by atoms with Gasteiger partial charge in [0.2, 0.25) is 0 Å². The Morgan fingerprint density at radius 2 is 1.77 bits per heavy atom. The molecule has 0 bridgehead atoms. The van der Waals surface area contributed by atoms with Gasteiger partial charge in [-0.1, -0.05) is 32.9 Å². The summed E-state index contributed by atoms with van der Waals surface area (Å²) in [6.07, 6.45) is 1.69. The Kier molecular flexibility index (Phi) is 7.47. The van der Waals surface area contributed by atoms with E-state index in [4.69, 9.17) is 19.9 Å². The van der Waals surface area contributed by atoms with Gasteiger partial charge >= 0.3 is 6.03 Å². The highest BCUT2D eigenvalue weighted by molar-refractivity contribution is 5.89. The Labute approximate surface area is 234 Å². The summed E-state index contributed by atoms with van der Waals surface area (Å²) < 4.78 is 20.9. The van der Waals surface area contributed by atoms with Crippen molar-refractivity contribution in [1.29, 1.82) is 0 Å². The van der Waals surface area contributed by atoms with Crippen molar-refractivity contribution in [3.63, 3.8) is 0 Å². The lowest BCUT2D eigenvalue weighted by atomic mass is 9.87. The standard InChI is InChI=1S/C28H40N8O4/c1-27(2,3)17-8-10-18(11-9-17)33-26(37)35(7)13-12-34(6)14-19-21-22(40-28(4,5)39-21)25(38-19)36-16-32-20-23(29)30-15-31-24(20)36/h8-11,15-16,19,21-22,25H,12-14H2,1-7H3,(H,33,37)(H2,29,30,31)/t19-,21-,22-,25-/m1/s1. The van der Waals surface area contributed by atoms with Gasteiger partial charge in [0, 0.05) is 32.4 Å². The molecule has 2 amide bonds. The largest absolute Gasteiger partial charge is 0.382 e. The summed E-state index contributed by atoms with van der Waals surface area (Å²) in [7, 11) is 3.79. The number of carbonyl (C=O) groups excluding carboxylic acids is 1. The van der Waals surface area contributed by atoms with Crippen LogP contribution in [0.3, 0.4) is 0 Å². The first kappa shape index (κ1) is 28.2. The van der Waals surface area contributed by atoms with Crippen LogP contribution in [-0.2, 0) is 19.6 Å². The van der Waals surface area contributed by atoms with Crippen molar-refractivity contribution >= 4 is 28.7 Å². The van der Waals surface area contributed by atoms with Crippen molar-refractivity contribution < 1.29 is 19.0 Å². The Hall–Kier alpha value is -3.32. The molecular formula is C28H40N8O4. The van der Waals surface area contributed by atoms with Crippen molar-refractivity contribution in [3.05, 3.63) is 42.5 Å². The summed E-state index contributed by atoms with van der Waals surface area (Å²) in [5.74, 6) is -0.435. The molecule has 2 saturated heterocycles. The van der Waals surface area contributed by atoms with E-state index in [1.807, 2.05) is 37.6 Å². The number of anilines is 2. The molecule has 4 heterocycles. The highest BCUT2D eigenvalue weighted by Gasteiger charge is 2.56. The molecule has 2 aliphatic rings. The van der Waals surface area contributed by atoms with E-state index in [2.05, 4.69) is 58.1 Å². The SMILES string of the molecule is CN(CCN(C)C(=O)Nc1ccc(C(C)(C)C)cc1)C[C@H]1O[C@@H](n2cnc3c(N)ncnc32)[C@@H]2OC(C)(C)O[C@@H]21. The number of nitrogens with one attached hydrogen (secondary N) is 1. The second kappa shape index (κ2) is 10.6. The second-order valence-corrected chi connectivity index (χ2v) is 12.2. The Morgan fingerprint density at radius 3 is 2.48 bits per heavy atom. The molecule has 216 valence electrons. The number of benzene rings is 1. The third kappa shape index (κ3) is 5.75. The quantitative estimate of drug-likeness (QED) is 0.453. The Bertz CT molecular complexity index is 1350. The number of likely N-dealkylation sites (N-methyl/N-ethyl adjacent to an activating group) is 2. The van der Waals surface area contributed by atoms with Crippen LogP contribution in [-0.4, -0.2) is 93.2 Å². The number of hydrogen-bond acceptors (Lipinski definition) is 9. The monoisotopic (exact) mass is 552 g/mol. The third-order valence-corrected chi connectivity index (χ3v) is 7.44. The Morgan fingerprint density at radius 1 is 1.07 bits per heavy atom. The van der Waals surface area contributed by atoms with E-state index in [1.165, 1.54) is 11.9 Å². The number of carbonyl (C=O) groups is 1. The minimum Gasteiger partial charge on any atom is -0.382 e. The molecular weight excluding hydrogens is 512 g/mol. The van der Waals surface area contributed by atoms with Crippen molar-refractivity contribution in [2.24, 2.45) is 0 Å². The number of ether oxygens (including phenoxy) is 3. The van der Waals surface area contributed by atoms with Gasteiger partial charge in [-0.05, 0) is 44.0 Å². The molecule has 2 fully saturated rings. The zero-order valence-electron chi connectivity index (χ0n) is 24.3. The number of urea groups is 1. The molecule has 2 aromatic heterocycles. The van der Waals surface area contributed by atoms with Crippen molar-refractivity contribution in [2.75, 3.05) is 44.8 Å². The predicted molar refractivity (Wildman–Crippen MR) is 152 cm³/mol. The number of nitrogens with two attached hydrogens (primary N) is 1. The average molecular weight is 553 g/mol. The smallest absolute Gasteiger partial charge is 0.321 e. The van der Waals surface area contributed by atoms with Gasteiger partial charge in [-0.15, -0.1) is 0 Å². The van der Waals surface area contributed by atoms with Crippen LogP contribution in [0, 0.1) is 0 Å². The summed E-state index contributed by atoms with van der Waals surface area (Å²) >= 11 is 0. The number of nitrogen functional groups attached to an aromatic ring is 1.